The van der Waals surface area contributed by atoms with Gasteiger partial charge in [-0.25, -0.2) is 0 Å². The third-order valence-corrected chi connectivity index (χ3v) is 5.69. The molecule has 156 valence electrons. The summed E-state index contributed by atoms with van der Waals surface area (Å²) in [6.45, 7) is 3.95. The van der Waals surface area contributed by atoms with Crippen molar-refractivity contribution < 1.29 is 4.79 Å². The molecule has 0 saturated carbocycles. The number of carbonyl (C=O) groups excluding carboxylic acids is 1. The van der Waals surface area contributed by atoms with Gasteiger partial charge in [-0.05, 0) is 53.9 Å². The Morgan fingerprint density at radius 1 is 0.871 bits per heavy atom. The van der Waals surface area contributed by atoms with E-state index in [4.69, 9.17) is 11.6 Å². The van der Waals surface area contributed by atoms with Crippen LogP contribution in [0.1, 0.15) is 32.7 Å². The maximum Gasteiger partial charge on any atom is 0.254 e. The van der Waals surface area contributed by atoms with Gasteiger partial charge in [0.1, 0.15) is 0 Å². The Labute approximate surface area is 188 Å². The highest BCUT2D eigenvalue weighted by molar-refractivity contribution is 6.30. The van der Waals surface area contributed by atoms with Crippen LogP contribution in [0, 0.1) is 6.92 Å². The van der Waals surface area contributed by atoms with Gasteiger partial charge in [0.25, 0.3) is 5.91 Å². The van der Waals surface area contributed by atoms with Crippen molar-refractivity contribution in [2.45, 2.75) is 26.6 Å². The van der Waals surface area contributed by atoms with Crippen LogP contribution >= 0.6 is 11.6 Å². The zero-order valence-corrected chi connectivity index (χ0v) is 18.3. The summed E-state index contributed by atoms with van der Waals surface area (Å²) in [6, 6.07) is 29.8. The molecule has 0 aliphatic carbocycles. The molecule has 0 N–H and O–H groups in total. The molecule has 1 heterocycles. The van der Waals surface area contributed by atoms with Gasteiger partial charge in [0.05, 0.1) is 6.54 Å². The van der Waals surface area contributed by atoms with E-state index in [9.17, 15) is 4.79 Å². The maximum atomic E-state index is 13.4. The average molecular weight is 429 g/mol. The van der Waals surface area contributed by atoms with Crippen LogP contribution in [0.15, 0.2) is 97.2 Å². The molecule has 0 unspecified atom stereocenters. The second kappa shape index (κ2) is 9.67. The van der Waals surface area contributed by atoms with Gasteiger partial charge in [0.15, 0.2) is 0 Å². The van der Waals surface area contributed by atoms with E-state index in [1.165, 1.54) is 11.1 Å². The third kappa shape index (κ3) is 5.25. The van der Waals surface area contributed by atoms with Gasteiger partial charge < -0.3 is 9.47 Å². The van der Waals surface area contributed by atoms with Crippen molar-refractivity contribution >= 4 is 17.5 Å². The Hall–Kier alpha value is -3.30. The molecule has 0 fully saturated rings. The molecule has 3 aromatic carbocycles. The van der Waals surface area contributed by atoms with Crippen LogP contribution in [0.2, 0.25) is 5.02 Å². The molecule has 1 amide bonds. The minimum absolute atomic E-state index is 0.0324. The number of hydrogen-bond donors (Lipinski definition) is 0. The number of carbonyl (C=O) groups is 1. The lowest BCUT2D eigenvalue weighted by atomic mass is 10.1. The summed E-state index contributed by atoms with van der Waals surface area (Å²) in [6.07, 6.45) is 2.08. The van der Waals surface area contributed by atoms with E-state index in [1.54, 1.807) is 12.1 Å². The van der Waals surface area contributed by atoms with Gasteiger partial charge in [-0.15, -0.1) is 0 Å². The first-order chi connectivity index (χ1) is 15.1. The molecular formula is C27H25ClN2O. The van der Waals surface area contributed by atoms with Crippen LogP contribution in [0.4, 0.5) is 0 Å². The number of halogens is 1. The number of rotatable bonds is 7. The van der Waals surface area contributed by atoms with E-state index in [1.807, 2.05) is 53.4 Å². The van der Waals surface area contributed by atoms with Crippen molar-refractivity contribution in [2.24, 2.45) is 0 Å². The molecule has 31 heavy (non-hydrogen) atoms. The molecular weight excluding hydrogens is 404 g/mol. The Balaban J connectivity index is 1.61. The van der Waals surface area contributed by atoms with E-state index in [0.29, 0.717) is 23.7 Å². The molecule has 1 aromatic heterocycles. The van der Waals surface area contributed by atoms with Gasteiger partial charge in [0, 0.05) is 35.6 Å². The van der Waals surface area contributed by atoms with Crippen LogP contribution in [0.5, 0.6) is 0 Å². The predicted octanol–water partition coefficient (Wildman–Crippen LogP) is 6.34. The fraction of sp³-hybridized carbons (Fsp3) is 0.148. The highest BCUT2D eigenvalue weighted by Gasteiger charge is 2.18. The van der Waals surface area contributed by atoms with E-state index in [-0.39, 0.29) is 5.91 Å². The SMILES string of the molecule is Cc1ccccc1Cn1cccc1CN(Cc1ccccc1)C(=O)c1cccc(Cl)c1. The summed E-state index contributed by atoms with van der Waals surface area (Å²) in [5.41, 5.74) is 5.32. The van der Waals surface area contributed by atoms with Crippen LogP contribution in [0.25, 0.3) is 0 Å². The zero-order chi connectivity index (χ0) is 21.6. The summed E-state index contributed by atoms with van der Waals surface area (Å²) in [5, 5.41) is 0.563. The average Bonchev–Trinajstić information content (AvgIpc) is 3.21. The summed E-state index contributed by atoms with van der Waals surface area (Å²) < 4.78 is 2.21. The van der Waals surface area contributed by atoms with Gasteiger partial charge in [-0.2, -0.15) is 0 Å². The first-order valence-electron chi connectivity index (χ1n) is 10.4. The monoisotopic (exact) mass is 428 g/mol. The lowest BCUT2D eigenvalue weighted by Gasteiger charge is -2.24. The number of aromatic nitrogens is 1. The fourth-order valence-electron chi connectivity index (χ4n) is 3.72. The number of amides is 1. The van der Waals surface area contributed by atoms with Crippen LogP contribution in [0.3, 0.4) is 0 Å². The maximum absolute atomic E-state index is 13.4. The van der Waals surface area contributed by atoms with Crippen LogP contribution in [-0.2, 0) is 19.6 Å². The van der Waals surface area contributed by atoms with E-state index in [2.05, 4.69) is 48.0 Å². The second-order valence-electron chi connectivity index (χ2n) is 7.71. The topological polar surface area (TPSA) is 25.2 Å². The normalized spacial score (nSPS) is 10.8. The predicted molar refractivity (Wildman–Crippen MR) is 126 cm³/mol. The Morgan fingerprint density at radius 2 is 1.65 bits per heavy atom. The lowest BCUT2D eigenvalue weighted by Crippen LogP contribution is -2.31. The Kier molecular flexibility index (Phi) is 6.54. The smallest absolute Gasteiger partial charge is 0.254 e. The molecule has 0 spiro atoms. The van der Waals surface area contributed by atoms with Crippen molar-refractivity contribution in [3.05, 3.63) is 130 Å². The molecule has 0 aliphatic rings. The molecule has 3 nitrogen and oxygen atoms in total. The molecule has 0 atom stereocenters. The van der Waals surface area contributed by atoms with Crippen molar-refractivity contribution in [3.8, 4) is 0 Å². The highest BCUT2D eigenvalue weighted by Crippen LogP contribution is 2.19. The Morgan fingerprint density at radius 3 is 2.42 bits per heavy atom. The first kappa shape index (κ1) is 21.0. The fourth-order valence-corrected chi connectivity index (χ4v) is 3.91. The van der Waals surface area contributed by atoms with Gasteiger partial charge in [0.2, 0.25) is 0 Å². The summed E-state index contributed by atoms with van der Waals surface area (Å²) >= 11 is 6.15. The molecule has 0 bridgehead atoms. The molecule has 0 radical (unpaired) electrons. The van der Waals surface area contributed by atoms with Gasteiger partial charge >= 0.3 is 0 Å². The molecule has 0 aliphatic heterocycles. The van der Waals surface area contributed by atoms with Gasteiger partial charge in [-0.1, -0.05) is 72.3 Å². The molecule has 4 heteroatoms. The summed E-state index contributed by atoms with van der Waals surface area (Å²) in [5.74, 6) is -0.0324. The quantitative estimate of drug-likeness (QED) is 0.337. The molecule has 0 saturated heterocycles. The van der Waals surface area contributed by atoms with E-state index >= 15 is 0 Å². The van der Waals surface area contributed by atoms with Crippen molar-refractivity contribution in [3.63, 3.8) is 0 Å². The number of nitrogens with zero attached hydrogens (tertiary/aromatic N) is 2. The second-order valence-corrected chi connectivity index (χ2v) is 8.15. The van der Waals surface area contributed by atoms with E-state index < -0.39 is 0 Å². The standard InChI is InChI=1S/C27H25ClN2O/c1-21-9-5-6-12-24(21)19-29-16-8-15-26(29)20-30(18-22-10-3-2-4-11-22)27(31)23-13-7-14-25(28)17-23/h2-17H,18-20H2,1H3. The minimum atomic E-state index is -0.0324. The lowest BCUT2D eigenvalue weighted by molar-refractivity contribution is 0.0726. The van der Waals surface area contributed by atoms with Crippen molar-refractivity contribution in [2.75, 3.05) is 0 Å². The zero-order valence-electron chi connectivity index (χ0n) is 17.5. The Bertz CT molecular complexity index is 1170. The summed E-state index contributed by atoms with van der Waals surface area (Å²) in [7, 11) is 0. The van der Waals surface area contributed by atoms with Crippen LogP contribution in [-0.4, -0.2) is 15.4 Å². The summed E-state index contributed by atoms with van der Waals surface area (Å²) in [4.78, 5) is 15.3. The van der Waals surface area contributed by atoms with Crippen LogP contribution < -0.4 is 0 Å². The first-order valence-corrected chi connectivity index (χ1v) is 10.8. The third-order valence-electron chi connectivity index (χ3n) is 5.45. The number of benzene rings is 3. The number of hydrogen-bond acceptors (Lipinski definition) is 1. The molecule has 4 rings (SSSR count). The minimum Gasteiger partial charge on any atom is -0.345 e. The van der Waals surface area contributed by atoms with Gasteiger partial charge in [-0.3, -0.25) is 4.79 Å². The number of aryl methyl sites for hydroxylation is 1. The molecule has 4 aromatic rings. The van der Waals surface area contributed by atoms with Crippen molar-refractivity contribution in [1.29, 1.82) is 0 Å². The largest absolute Gasteiger partial charge is 0.345 e. The van der Waals surface area contributed by atoms with E-state index in [0.717, 1.165) is 17.8 Å². The van der Waals surface area contributed by atoms with Crippen molar-refractivity contribution in [1.82, 2.24) is 9.47 Å². The highest BCUT2D eigenvalue weighted by atomic mass is 35.5.